The van der Waals surface area contributed by atoms with Crippen molar-refractivity contribution in [1.82, 2.24) is 0 Å². The van der Waals surface area contributed by atoms with Crippen LogP contribution in [0.2, 0.25) is 5.02 Å². The first kappa shape index (κ1) is 18.5. The van der Waals surface area contributed by atoms with Gasteiger partial charge >= 0.3 is 0 Å². The minimum Gasteiger partial charge on any atom is -0.496 e. The van der Waals surface area contributed by atoms with E-state index in [1.807, 2.05) is 12.1 Å². The van der Waals surface area contributed by atoms with Crippen molar-refractivity contribution in [2.24, 2.45) is 0 Å². The van der Waals surface area contributed by atoms with E-state index in [1.54, 1.807) is 36.4 Å². The quantitative estimate of drug-likeness (QED) is 0.519. The lowest BCUT2D eigenvalue weighted by atomic mass is 10.1. The lowest BCUT2D eigenvalue weighted by molar-refractivity contribution is -0.106. The van der Waals surface area contributed by atoms with E-state index in [9.17, 15) is 4.79 Å². The molecule has 136 valence electrons. The molecule has 1 aliphatic rings. The van der Waals surface area contributed by atoms with Crippen molar-refractivity contribution in [3.8, 4) is 11.5 Å². The van der Waals surface area contributed by atoms with Crippen molar-refractivity contribution in [1.29, 1.82) is 0 Å². The number of rotatable bonds is 6. The molecule has 0 spiro atoms. The highest BCUT2D eigenvalue weighted by atomic mass is 35.5. The lowest BCUT2D eigenvalue weighted by Crippen LogP contribution is -2.25. The Bertz CT molecular complexity index is 777. The molecule has 0 aliphatic carbocycles. The fourth-order valence-electron chi connectivity index (χ4n) is 2.80. The van der Waals surface area contributed by atoms with Crippen LogP contribution in [-0.4, -0.2) is 25.8 Å². The number of hydrogen-bond donors (Lipinski definition) is 0. The fraction of sp³-hybridized carbons (Fsp3) is 0.286. The van der Waals surface area contributed by atoms with Crippen LogP contribution in [0.25, 0.3) is 6.08 Å². The Labute approximate surface area is 158 Å². The SMILES string of the molecule is COc1cccc(OC2CCCCO2)c1C(=O)/C=C/c1ccc(Cl)cc1. The van der Waals surface area contributed by atoms with Gasteiger partial charge in [0, 0.05) is 11.4 Å². The van der Waals surface area contributed by atoms with E-state index in [0.29, 0.717) is 28.7 Å². The van der Waals surface area contributed by atoms with Gasteiger partial charge in [0.05, 0.1) is 13.7 Å². The molecule has 4 nitrogen and oxygen atoms in total. The predicted molar refractivity (Wildman–Crippen MR) is 102 cm³/mol. The van der Waals surface area contributed by atoms with Gasteiger partial charge in [-0.05, 0) is 48.7 Å². The molecule has 0 radical (unpaired) electrons. The number of carbonyl (C=O) groups is 1. The monoisotopic (exact) mass is 372 g/mol. The molecule has 0 saturated carbocycles. The zero-order valence-corrected chi connectivity index (χ0v) is 15.4. The largest absolute Gasteiger partial charge is 0.496 e. The Kier molecular flexibility index (Phi) is 6.31. The molecule has 1 unspecified atom stereocenters. The summed E-state index contributed by atoms with van der Waals surface area (Å²) < 4.78 is 16.9. The van der Waals surface area contributed by atoms with Gasteiger partial charge in [-0.15, -0.1) is 0 Å². The third-order valence-electron chi connectivity index (χ3n) is 4.15. The predicted octanol–water partition coefficient (Wildman–Crippen LogP) is 5.15. The van der Waals surface area contributed by atoms with Gasteiger partial charge in [0.2, 0.25) is 0 Å². The number of allylic oxidation sites excluding steroid dienone is 1. The van der Waals surface area contributed by atoms with Crippen LogP contribution in [0.3, 0.4) is 0 Å². The second-order valence-electron chi connectivity index (χ2n) is 6.00. The van der Waals surface area contributed by atoms with Crippen LogP contribution in [0.1, 0.15) is 35.2 Å². The zero-order chi connectivity index (χ0) is 18.4. The first-order valence-electron chi connectivity index (χ1n) is 8.60. The molecule has 2 aromatic rings. The molecular formula is C21H21ClO4. The van der Waals surface area contributed by atoms with E-state index in [4.69, 9.17) is 25.8 Å². The molecule has 1 fully saturated rings. The summed E-state index contributed by atoms with van der Waals surface area (Å²) in [5.41, 5.74) is 1.28. The first-order chi connectivity index (χ1) is 12.7. The number of methoxy groups -OCH3 is 1. The van der Waals surface area contributed by atoms with Gasteiger partial charge in [-0.3, -0.25) is 4.79 Å². The number of carbonyl (C=O) groups excluding carboxylic acids is 1. The van der Waals surface area contributed by atoms with Gasteiger partial charge in [-0.25, -0.2) is 0 Å². The van der Waals surface area contributed by atoms with Crippen molar-refractivity contribution < 1.29 is 19.0 Å². The van der Waals surface area contributed by atoms with Crippen LogP contribution in [0.4, 0.5) is 0 Å². The third-order valence-corrected chi connectivity index (χ3v) is 4.40. The van der Waals surface area contributed by atoms with E-state index < -0.39 is 0 Å². The Balaban J connectivity index is 1.83. The standard InChI is InChI=1S/C21H21ClO4/c1-24-18-5-4-6-19(26-20-7-2-3-14-25-20)21(18)17(23)13-10-15-8-11-16(22)12-9-15/h4-6,8-13,20H,2-3,7,14H2,1H3/b13-10+. The number of ether oxygens (including phenoxy) is 3. The molecule has 26 heavy (non-hydrogen) atoms. The molecule has 1 atom stereocenters. The summed E-state index contributed by atoms with van der Waals surface area (Å²) >= 11 is 5.89. The van der Waals surface area contributed by atoms with E-state index in [0.717, 1.165) is 24.8 Å². The molecule has 5 heteroatoms. The number of ketones is 1. The molecule has 0 amide bonds. The Morgan fingerprint density at radius 2 is 1.92 bits per heavy atom. The maximum atomic E-state index is 12.8. The fourth-order valence-corrected chi connectivity index (χ4v) is 2.92. The van der Waals surface area contributed by atoms with Gasteiger partial charge in [-0.2, -0.15) is 0 Å². The molecule has 1 saturated heterocycles. The van der Waals surface area contributed by atoms with E-state index in [2.05, 4.69) is 0 Å². The minimum absolute atomic E-state index is 0.191. The van der Waals surface area contributed by atoms with E-state index in [-0.39, 0.29) is 12.1 Å². The average Bonchev–Trinajstić information content (AvgIpc) is 2.68. The number of halogens is 1. The van der Waals surface area contributed by atoms with Gasteiger partial charge in [0.25, 0.3) is 0 Å². The van der Waals surface area contributed by atoms with Crippen molar-refractivity contribution in [3.05, 3.63) is 64.7 Å². The smallest absolute Gasteiger partial charge is 0.199 e. The van der Waals surface area contributed by atoms with Crippen molar-refractivity contribution in [2.75, 3.05) is 13.7 Å². The average molecular weight is 373 g/mol. The molecule has 1 aliphatic heterocycles. The number of benzene rings is 2. The third kappa shape index (κ3) is 4.65. The summed E-state index contributed by atoms with van der Waals surface area (Å²) in [7, 11) is 1.54. The highest BCUT2D eigenvalue weighted by Crippen LogP contribution is 2.31. The van der Waals surface area contributed by atoms with Crippen LogP contribution in [0.15, 0.2) is 48.5 Å². The minimum atomic E-state index is -0.331. The van der Waals surface area contributed by atoms with Crippen LogP contribution >= 0.6 is 11.6 Å². The van der Waals surface area contributed by atoms with Crippen LogP contribution in [0.5, 0.6) is 11.5 Å². The highest BCUT2D eigenvalue weighted by molar-refractivity contribution is 6.30. The summed E-state index contributed by atoms with van der Waals surface area (Å²) in [6.07, 6.45) is 5.82. The maximum Gasteiger partial charge on any atom is 0.199 e. The first-order valence-corrected chi connectivity index (χ1v) is 8.98. The van der Waals surface area contributed by atoms with Gasteiger partial charge in [0.1, 0.15) is 17.1 Å². The second-order valence-corrected chi connectivity index (χ2v) is 6.43. The van der Waals surface area contributed by atoms with Crippen LogP contribution in [-0.2, 0) is 4.74 Å². The Morgan fingerprint density at radius 3 is 2.62 bits per heavy atom. The van der Waals surface area contributed by atoms with Gasteiger partial charge < -0.3 is 14.2 Å². The molecule has 2 aromatic carbocycles. The van der Waals surface area contributed by atoms with Crippen molar-refractivity contribution in [3.63, 3.8) is 0 Å². The summed E-state index contributed by atoms with van der Waals surface area (Å²) in [4.78, 5) is 12.8. The van der Waals surface area contributed by atoms with Crippen LogP contribution < -0.4 is 9.47 Å². The van der Waals surface area contributed by atoms with Gasteiger partial charge in [0.15, 0.2) is 12.1 Å². The molecule has 1 heterocycles. The maximum absolute atomic E-state index is 12.8. The molecule has 0 bridgehead atoms. The molecule has 0 aromatic heterocycles. The summed E-state index contributed by atoms with van der Waals surface area (Å²) in [5, 5.41) is 0.654. The summed E-state index contributed by atoms with van der Waals surface area (Å²) in [6.45, 7) is 0.675. The normalized spacial score (nSPS) is 17.2. The number of hydrogen-bond acceptors (Lipinski definition) is 4. The summed E-state index contributed by atoms with van der Waals surface area (Å²) in [6, 6.07) is 12.6. The Morgan fingerprint density at radius 1 is 1.15 bits per heavy atom. The second kappa shape index (κ2) is 8.88. The van der Waals surface area contributed by atoms with Crippen molar-refractivity contribution in [2.45, 2.75) is 25.6 Å². The lowest BCUT2D eigenvalue weighted by Gasteiger charge is -2.24. The van der Waals surface area contributed by atoms with E-state index in [1.165, 1.54) is 13.2 Å². The van der Waals surface area contributed by atoms with E-state index >= 15 is 0 Å². The molecule has 3 rings (SSSR count). The summed E-state index contributed by atoms with van der Waals surface area (Å²) in [5.74, 6) is 0.759. The van der Waals surface area contributed by atoms with Gasteiger partial charge in [-0.1, -0.05) is 35.9 Å². The van der Waals surface area contributed by atoms with Crippen LogP contribution in [0, 0.1) is 0 Å². The zero-order valence-electron chi connectivity index (χ0n) is 14.6. The Hall–Kier alpha value is -2.30. The van der Waals surface area contributed by atoms with Crippen molar-refractivity contribution >= 4 is 23.5 Å². The molecule has 0 N–H and O–H groups in total. The highest BCUT2D eigenvalue weighted by Gasteiger charge is 2.21. The topological polar surface area (TPSA) is 44.8 Å². The molecular weight excluding hydrogens is 352 g/mol.